The summed E-state index contributed by atoms with van der Waals surface area (Å²) in [5, 5.41) is 2.27. The fourth-order valence-corrected chi connectivity index (χ4v) is 0.626. The number of nitrogens with one attached hydrogen (secondary N) is 2. The molecule has 0 saturated carbocycles. The lowest BCUT2D eigenvalue weighted by Crippen LogP contribution is -2.35. The zero-order valence-electron chi connectivity index (χ0n) is 5.84. The Hall–Kier alpha value is -0.620. The van der Waals surface area contributed by atoms with Gasteiger partial charge in [0.1, 0.15) is 0 Å². The third-order valence-electron chi connectivity index (χ3n) is 0.672. The van der Waals surface area contributed by atoms with E-state index in [0.29, 0.717) is 0 Å². The topological polar surface area (TPSA) is 75.3 Å². The molecule has 1 amide bonds. The van der Waals surface area contributed by atoms with E-state index < -0.39 is 10.0 Å². The van der Waals surface area contributed by atoms with E-state index in [9.17, 15) is 13.2 Å². The summed E-state index contributed by atoms with van der Waals surface area (Å²) in [4.78, 5) is 10.2. The summed E-state index contributed by atoms with van der Waals surface area (Å²) in [7, 11) is -3.18. The number of sulfonamides is 1. The van der Waals surface area contributed by atoms with Crippen LogP contribution in [0.3, 0.4) is 0 Å². The van der Waals surface area contributed by atoms with Crippen molar-refractivity contribution in [3.05, 3.63) is 0 Å². The monoisotopic (exact) mass is 166 g/mol. The minimum Gasteiger partial charge on any atom is -0.343 e. The van der Waals surface area contributed by atoms with Crippen LogP contribution in [0.1, 0.15) is 6.92 Å². The molecule has 2 N–H and O–H groups in total. The minimum atomic E-state index is -3.18. The summed E-state index contributed by atoms with van der Waals surface area (Å²) in [6.45, 7) is 1.26. The maximum atomic E-state index is 10.4. The Morgan fingerprint density at radius 1 is 1.50 bits per heavy atom. The normalized spacial score (nSPS) is 11.0. The van der Waals surface area contributed by atoms with Gasteiger partial charge in [0.2, 0.25) is 15.9 Å². The van der Waals surface area contributed by atoms with E-state index in [-0.39, 0.29) is 12.6 Å². The first kappa shape index (κ1) is 9.38. The lowest BCUT2D eigenvalue weighted by atomic mass is 10.7. The molecule has 5 nitrogen and oxygen atoms in total. The van der Waals surface area contributed by atoms with Crippen molar-refractivity contribution in [2.24, 2.45) is 0 Å². The largest absolute Gasteiger partial charge is 0.343 e. The van der Waals surface area contributed by atoms with Crippen molar-refractivity contribution in [3.8, 4) is 0 Å². The number of rotatable bonds is 3. The molecule has 60 valence electrons. The molecule has 0 fully saturated rings. The molecule has 0 aliphatic rings. The highest BCUT2D eigenvalue weighted by Crippen LogP contribution is 1.68. The molecule has 0 unspecified atom stereocenters. The molecule has 0 spiro atoms. The van der Waals surface area contributed by atoms with Crippen molar-refractivity contribution >= 4 is 15.9 Å². The third-order valence-corrected chi connectivity index (χ3v) is 1.34. The number of hydrogen-bond donors (Lipinski definition) is 2. The van der Waals surface area contributed by atoms with Crippen LogP contribution in [0.25, 0.3) is 0 Å². The van der Waals surface area contributed by atoms with Crippen LogP contribution in [0.2, 0.25) is 0 Å². The molecule has 0 aromatic rings. The van der Waals surface area contributed by atoms with Crippen LogP contribution in [0.15, 0.2) is 0 Å². The first-order chi connectivity index (χ1) is 4.42. The fourth-order valence-electron chi connectivity index (χ4n) is 0.292. The highest BCUT2D eigenvalue weighted by molar-refractivity contribution is 7.88. The second-order valence-corrected chi connectivity index (χ2v) is 3.66. The summed E-state index contributed by atoms with van der Waals surface area (Å²) in [5.41, 5.74) is 0. The molecule has 0 atom stereocenters. The SMILES string of the molecule is CC(=O)NCNS(C)(=O)=O. The van der Waals surface area contributed by atoms with Crippen LogP contribution >= 0.6 is 0 Å². The molecule has 0 aromatic heterocycles. The van der Waals surface area contributed by atoms with E-state index in [1.807, 2.05) is 0 Å². The number of carbonyl (C=O) groups excluding carboxylic acids is 1. The summed E-state index contributed by atoms with van der Waals surface area (Å²) in [6.07, 6.45) is 1.02. The Morgan fingerprint density at radius 3 is 2.30 bits per heavy atom. The molecular formula is C4H10N2O3S. The van der Waals surface area contributed by atoms with Crippen LogP contribution in [0.4, 0.5) is 0 Å². The van der Waals surface area contributed by atoms with Gasteiger partial charge >= 0.3 is 0 Å². The van der Waals surface area contributed by atoms with Crippen molar-refractivity contribution < 1.29 is 13.2 Å². The van der Waals surface area contributed by atoms with Gasteiger partial charge in [0.25, 0.3) is 0 Å². The maximum Gasteiger partial charge on any atom is 0.217 e. The maximum absolute atomic E-state index is 10.4. The number of carbonyl (C=O) groups is 1. The molecule has 0 radical (unpaired) electrons. The highest BCUT2D eigenvalue weighted by Gasteiger charge is 1.97. The Kier molecular flexibility index (Phi) is 3.31. The molecule has 0 aliphatic heterocycles. The van der Waals surface area contributed by atoms with Gasteiger partial charge in [-0.05, 0) is 0 Å². The van der Waals surface area contributed by atoms with Crippen molar-refractivity contribution in [2.45, 2.75) is 6.92 Å². The molecule has 0 saturated heterocycles. The quantitative estimate of drug-likeness (QED) is 0.508. The van der Waals surface area contributed by atoms with Crippen molar-refractivity contribution in [1.29, 1.82) is 0 Å². The number of amides is 1. The van der Waals surface area contributed by atoms with Crippen LogP contribution in [-0.2, 0) is 14.8 Å². The molecule has 0 bridgehead atoms. The smallest absolute Gasteiger partial charge is 0.217 e. The van der Waals surface area contributed by atoms with E-state index in [2.05, 4.69) is 10.0 Å². The lowest BCUT2D eigenvalue weighted by molar-refractivity contribution is -0.118. The first-order valence-corrected chi connectivity index (χ1v) is 4.50. The molecule has 6 heteroatoms. The molecule has 0 rings (SSSR count). The predicted molar refractivity (Wildman–Crippen MR) is 36.7 cm³/mol. The van der Waals surface area contributed by atoms with Crippen LogP contribution in [0, 0.1) is 0 Å². The average molecular weight is 166 g/mol. The second kappa shape index (κ2) is 3.52. The van der Waals surface area contributed by atoms with Gasteiger partial charge in [0.15, 0.2) is 0 Å². The molecule has 0 aromatic carbocycles. The average Bonchev–Trinajstić information content (AvgIpc) is 1.59. The van der Waals surface area contributed by atoms with E-state index in [0.717, 1.165) is 6.26 Å². The second-order valence-electron chi connectivity index (χ2n) is 1.83. The van der Waals surface area contributed by atoms with Gasteiger partial charge in [0, 0.05) is 6.92 Å². The summed E-state index contributed by atoms with van der Waals surface area (Å²) in [6, 6.07) is 0. The first-order valence-electron chi connectivity index (χ1n) is 2.61. The van der Waals surface area contributed by atoms with Gasteiger partial charge in [-0.15, -0.1) is 0 Å². The van der Waals surface area contributed by atoms with Crippen molar-refractivity contribution in [1.82, 2.24) is 10.0 Å². The van der Waals surface area contributed by atoms with Crippen LogP contribution < -0.4 is 10.0 Å². The van der Waals surface area contributed by atoms with E-state index in [4.69, 9.17) is 0 Å². The van der Waals surface area contributed by atoms with E-state index in [1.165, 1.54) is 6.92 Å². The molecule has 0 heterocycles. The molecule has 0 aliphatic carbocycles. The van der Waals surface area contributed by atoms with Crippen molar-refractivity contribution in [2.75, 3.05) is 12.9 Å². The molecular weight excluding hydrogens is 156 g/mol. The van der Waals surface area contributed by atoms with E-state index >= 15 is 0 Å². The summed E-state index contributed by atoms with van der Waals surface area (Å²) < 4.78 is 22.8. The lowest BCUT2D eigenvalue weighted by Gasteiger charge is -2.00. The van der Waals surface area contributed by atoms with Gasteiger partial charge in [0.05, 0.1) is 12.9 Å². The van der Waals surface area contributed by atoms with Gasteiger partial charge in [-0.2, -0.15) is 4.72 Å². The highest BCUT2D eigenvalue weighted by atomic mass is 32.2. The van der Waals surface area contributed by atoms with Crippen LogP contribution in [0.5, 0.6) is 0 Å². The number of hydrogen-bond acceptors (Lipinski definition) is 3. The Morgan fingerprint density at radius 2 is 2.00 bits per heavy atom. The summed E-state index contributed by atoms with van der Waals surface area (Å²) in [5.74, 6) is -0.267. The molecule has 10 heavy (non-hydrogen) atoms. The standard InChI is InChI=1S/C4H10N2O3S/c1-4(7)5-3-6-10(2,8)9/h6H,3H2,1-2H3,(H,5,7). The van der Waals surface area contributed by atoms with Gasteiger partial charge in [-0.3, -0.25) is 4.79 Å². The Labute approximate surface area is 59.9 Å². The summed E-state index contributed by atoms with van der Waals surface area (Å²) >= 11 is 0. The fraction of sp³-hybridized carbons (Fsp3) is 0.750. The Bertz CT molecular complexity index is 209. The zero-order chi connectivity index (χ0) is 8.20. The van der Waals surface area contributed by atoms with Gasteiger partial charge < -0.3 is 5.32 Å². The van der Waals surface area contributed by atoms with Crippen molar-refractivity contribution in [3.63, 3.8) is 0 Å². The minimum absolute atomic E-state index is 0.0475. The van der Waals surface area contributed by atoms with Gasteiger partial charge in [-0.25, -0.2) is 8.42 Å². The Balaban J connectivity index is 3.49. The predicted octanol–water partition coefficient (Wildman–Crippen LogP) is -1.37. The van der Waals surface area contributed by atoms with Crippen LogP contribution in [-0.4, -0.2) is 27.2 Å². The zero-order valence-corrected chi connectivity index (χ0v) is 6.66. The van der Waals surface area contributed by atoms with Gasteiger partial charge in [-0.1, -0.05) is 0 Å². The third kappa shape index (κ3) is 7.38. The van der Waals surface area contributed by atoms with E-state index in [1.54, 1.807) is 0 Å².